The predicted molar refractivity (Wildman–Crippen MR) is 74.5 cm³/mol. The third kappa shape index (κ3) is 3.87. The Morgan fingerprint density at radius 1 is 1.22 bits per heavy atom. The molecule has 1 heterocycles. The Labute approximate surface area is 129 Å². The summed E-state index contributed by atoms with van der Waals surface area (Å²) in [5.74, 6) is -0.722. The van der Waals surface area contributed by atoms with Crippen molar-refractivity contribution in [3.63, 3.8) is 0 Å². The molecule has 1 N–H and O–H groups in total. The van der Waals surface area contributed by atoms with E-state index in [0.29, 0.717) is 0 Å². The van der Waals surface area contributed by atoms with E-state index in [1.54, 1.807) is 0 Å². The van der Waals surface area contributed by atoms with Gasteiger partial charge in [0.25, 0.3) is 5.91 Å². The number of rotatable bonds is 4. The second-order valence-electron chi connectivity index (χ2n) is 4.31. The molecule has 9 heteroatoms. The summed E-state index contributed by atoms with van der Waals surface area (Å²) in [5, 5.41) is 2.40. The minimum absolute atomic E-state index is 0.0252. The van der Waals surface area contributed by atoms with Crippen molar-refractivity contribution >= 4 is 11.6 Å². The number of amides is 1. The van der Waals surface area contributed by atoms with Crippen molar-refractivity contribution in [2.75, 3.05) is 19.5 Å². The van der Waals surface area contributed by atoms with Gasteiger partial charge in [-0.05, 0) is 18.2 Å². The van der Waals surface area contributed by atoms with E-state index in [1.165, 1.54) is 26.5 Å². The average molecular weight is 327 g/mol. The topological polar surface area (TPSA) is 73.3 Å². The fraction of sp³-hybridized carbons (Fsp3) is 0.214. The number of carbonyl (C=O) groups is 1. The Morgan fingerprint density at radius 2 is 1.96 bits per heavy atom. The van der Waals surface area contributed by atoms with Gasteiger partial charge in [-0.25, -0.2) is 4.98 Å². The van der Waals surface area contributed by atoms with E-state index < -0.39 is 17.6 Å². The van der Waals surface area contributed by atoms with E-state index in [4.69, 9.17) is 9.47 Å². The number of nitrogens with zero attached hydrogens (tertiary/aromatic N) is 2. The molecule has 0 unspecified atom stereocenters. The zero-order valence-electron chi connectivity index (χ0n) is 12.1. The number of anilines is 1. The summed E-state index contributed by atoms with van der Waals surface area (Å²) in [5.41, 5.74) is -0.962. The van der Waals surface area contributed by atoms with Crippen LogP contribution in [0.2, 0.25) is 0 Å². The molecule has 2 aromatic rings. The van der Waals surface area contributed by atoms with Crippen LogP contribution in [-0.4, -0.2) is 30.1 Å². The minimum Gasteiger partial charge on any atom is -0.479 e. The van der Waals surface area contributed by atoms with Crippen LogP contribution in [0.4, 0.5) is 18.9 Å². The maximum Gasteiger partial charge on any atom is 0.416 e. The maximum absolute atomic E-state index is 12.7. The van der Waals surface area contributed by atoms with E-state index in [9.17, 15) is 18.0 Å². The maximum atomic E-state index is 12.7. The van der Waals surface area contributed by atoms with Crippen molar-refractivity contribution in [2.45, 2.75) is 6.18 Å². The number of methoxy groups -OCH3 is 2. The van der Waals surface area contributed by atoms with Crippen LogP contribution in [0.25, 0.3) is 0 Å². The van der Waals surface area contributed by atoms with E-state index in [0.717, 1.165) is 18.2 Å². The van der Waals surface area contributed by atoms with Crippen LogP contribution in [0, 0.1) is 0 Å². The van der Waals surface area contributed by atoms with E-state index >= 15 is 0 Å². The van der Waals surface area contributed by atoms with Gasteiger partial charge in [0.05, 0.1) is 26.0 Å². The first-order valence-electron chi connectivity index (χ1n) is 6.28. The molecule has 122 valence electrons. The molecule has 6 nitrogen and oxygen atoms in total. The molecule has 2 rings (SSSR count). The number of aromatic nitrogens is 2. The number of nitrogens with one attached hydrogen (secondary N) is 1. The van der Waals surface area contributed by atoms with Gasteiger partial charge in [-0.1, -0.05) is 6.07 Å². The molecule has 0 radical (unpaired) electrons. The molecule has 0 bridgehead atoms. The van der Waals surface area contributed by atoms with Crippen molar-refractivity contribution in [3.05, 3.63) is 41.6 Å². The zero-order valence-corrected chi connectivity index (χ0v) is 12.1. The molecule has 0 fully saturated rings. The number of benzene rings is 1. The summed E-state index contributed by atoms with van der Waals surface area (Å²) in [6.07, 6.45) is -3.30. The van der Waals surface area contributed by atoms with E-state index in [2.05, 4.69) is 15.3 Å². The van der Waals surface area contributed by atoms with Gasteiger partial charge < -0.3 is 14.8 Å². The Bertz CT molecular complexity index is 720. The minimum atomic E-state index is -4.53. The lowest BCUT2D eigenvalue weighted by Crippen LogP contribution is -2.15. The number of ether oxygens (including phenoxy) is 2. The smallest absolute Gasteiger partial charge is 0.416 e. The standard InChI is InChI=1S/C14H12F3N3O3/c1-22-12-10(7-18-13(20-12)23-2)19-11(21)8-4-3-5-9(6-8)14(15,16)17/h3-7H,1-2H3,(H,19,21). The zero-order chi connectivity index (χ0) is 17.0. The molecule has 1 aromatic heterocycles. The summed E-state index contributed by atoms with van der Waals surface area (Å²) in [4.78, 5) is 19.8. The number of halogens is 3. The van der Waals surface area contributed by atoms with Crippen LogP contribution in [0.1, 0.15) is 15.9 Å². The van der Waals surface area contributed by atoms with Gasteiger partial charge in [0.1, 0.15) is 5.69 Å². The summed E-state index contributed by atoms with van der Waals surface area (Å²) >= 11 is 0. The Hall–Kier alpha value is -2.84. The second kappa shape index (κ2) is 6.51. The average Bonchev–Trinajstić information content (AvgIpc) is 2.54. The Balaban J connectivity index is 2.26. The van der Waals surface area contributed by atoms with E-state index in [1.807, 2.05) is 0 Å². The Morgan fingerprint density at radius 3 is 2.57 bits per heavy atom. The van der Waals surface area contributed by atoms with Crippen LogP contribution < -0.4 is 14.8 Å². The molecular weight excluding hydrogens is 315 g/mol. The summed E-state index contributed by atoms with van der Waals surface area (Å²) in [6, 6.07) is 4.08. The Kier molecular flexibility index (Phi) is 4.68. The van der Waals surface area contributed by atoms with Gasteiger partial charge in [-0.3, -0.25) is 4.79 Å². The van der Waals surface area contributed by atoms with Crippen molar-refractivity contribution in [1.82, 2.24) is 9.97 Å². The molecule has 0 saturated carbocycles. The van der Waals surface area contributed by atoms with Crippen LogP contribution in [0.3, 0.4) is 0 Å². The highest BCUT2D eigenvalue weighted by molar-refractivity contribution is 6.04. The van der Waals surface area contributed by atoms with Crippen molar-refractivity contribution in [3.8, 4) is 11.9 Å². The normalized spacial score (nSPS) is 11.0. The summed E-state index contributed by atoms with van der Waals surface area (Å²) in [6.45, 7) is 0. The third-order valence-electron chi connectivity index (χ3n) is 2.81. The van der Waals surface area contributed by atoms with Gasteiger partial charge in [0, 0.05) is 5.56 Å². The lowest BCUT2D eigenvalue weighted by Gasteiger charge is -2.11. The monoisotopic (exact) mass is 327 g/mol. The van der Waals surface area contributed by atoms with Gasteiger partial charge in [-0.15, -0.1) is 0 Å². The number of carbonyl (C=O) groups excluding carboxylic acids is 1. The van der Waals surface area contributed by atoms with Gasteiger partial charge in [0.2, 0.25) is 5.88 Å². The molecule has 0 saturated heterocycles. The van der Waals surface area contributed by atoms with Gasteiger partial charge in [0.15, 0.2) is 0 Å². The molecule has 1 aromatic carbocycles. The lowest BCUT2D eigenvalue weighted by atomic mass is 10.1. The molecule has 0 aliphatic rings. The highest BCUT2D eigenvalue weighted by Gasteiger charge is 2.31. The largest absolute Gasteiger partial charge is 0.479 e. The molecule has 0 spiro atoms. The van der Waals surface area contributed by atoms with E-state index in [-0.39, 0.29) is 23.1 Å². The van der Waals surface area contributed by atoms with Crippen LogP contribution in [0.15, 0.2) is 30.5 Å². The van der Waals surface area contributed by atoms with Gasteiger partial charge in [-0.2, -0.15) is 18.2 Å². The molecule has 1 amide bonds. The first kappa shape index (κ1) is 16.5. The predicted octanol–water partition coefficient (Wildman–Crippen LogP) is 2.76. The summed E-state index contributed by atoms with van der Waals surface area (Å²) < 4.78 is 47.8. The van der Waals surface area contributed by atoms with Gasteiger partial charge >= 0.3 is 12.2 Å². The molecule has 0 aliphatic heterocycles. The first-order chi connectivity index (χ1) is 10.8. The molecule has 0 aliphatic carbocycles. The third-order valence-corrected chi connectivity index (χ3v) is 2.81. The molecule has 23 heavy (non-hydrogen) atoms. The highest BCUT2D eigenvalue weighted by Crippen LogP contribution is 2.30. The van der Waals surface area contributed by atoms with Crippen LogP contribution >= 0.6 is 0 Å². The fourth-order valence-electron chi connectivity index (χ4n) is 1.72. The van der Waals surface area contributed by atoms with Crippen molar-refractivity contribution in [1.29, 1.82) is 0 Å². The highest BCUT2D eigenvalue weighted by atomic mass is 19.4. The number of hydrogen-bond donors (Lipinski definition) is 1. The lowest BCUT2D eigenvalue weighted by molar-refractivity contribution is -0.137. The van der Waals surface area contributed by atoms with Crippen LogP contribution in [0.5, 0.6) is 11.9 Å². The quantitative estimate of drug-likeness (QED) is 0.935. The van der Waals surface area contributed by atoms with Crippen LogP contribution in [-0.2, 0) is 6.18 Å². The molecule has 0 atom stereocenters. The number of hydrogen-bond acceptors (Lipinski definition) is 5. The van der Waals surface area contributed by atoms with Crippen molar-refractivity contribution in [2.24, 2.45) is 0 Å². The first-order valence-corrected chi connectivity index (χ1v) is 6.28. The summed E-state index contributed by atoms with van der Waals surface area (Å²) in [7, 11) is 2.68. The van der Waals surface area contributed by atoms with Crippen molar-refractivity contribution < 1.29 is 27.4 Å². The number of alkyl halides is 3. The fourth-order valence-corrected chi connectivity index (χ4v) is 1.72. The second-order valence-corrected chi connectivity index (χ2v) is 4.31. The SMILES string of the molecule is COc1ncc(NC(=O)c2cccc(C(F)(F)F)c2)c(OC)n1. The molecular formula is C14H12F3N3O3.